The quantitative estimate of drug-likeness (QED) is 0.0971. The van der Waals surface area contributed by atoms with Gasteiger partial charge < -0.3 is 15.0 Å². The highest BCUT2D eigenvalue weighted by Gasteiger charge is 2.27. The van der Waals surface area contributed by atoms with Gasteiger partial charge in [0, 0.05) is 24.6 Å². The minimum Gasteiger partial charge on any atom is -0.748 e. The molecule has 4 aromatic rings. The van der Waals surface area contributed by atoms with Gasteiger partial charge in [-0.3, -0.25) is 0 Å². The lowest BCUT2D eigenvalue weighted by molar-refractivity contribution is 0.0686. The number of aromatic nitrogens is 3. The van der Waals surface area contributed by atoms with E-state index in [0.717, 1.165) is 17.2 Å². The van der Waals surface area contributed by atoms with Crippen LogP contribution in [0.1, 0.15) is 40.7 Å². The van der Waals surface area contributed by atoms with Crippen LogP contribution in [0.25, 0.3) is 16.4 Å². The van der Waals surface area contributed by atoms with E-state index in [9.17, 15) is 18.7 Å². The van der Waals surface area contributed by atoms with Crippen molar-refractivity contribution >= 4 is 90.9 Å². The van der Waals surface area contributed by atoms with Crippen LogP contribution >= 0.6 is 58.5 Å². The molecule has 16 heteroatoms. The van der Waals surface area contributed by atoms with Gasteiger partial charge in [-0.05, 0) is 42.9 Å². The van der Waals surface area contributed by atoms with Crippen LogP contribution < -0.4 is 10.4 Å². The monoisotopic (exact) mass is 684 g/mol. The van der Waals surface area contributed by atoms with Gasteiger partial charge in [0.2, 0.25) is 5.13 Å². The molecule has 1 unspecified atom stereocenters. The Morgan fingerprint density at radius 1 is 1.29 bits per heavy atom. The molecule has 2 N–H and O–H groups in total. The summed E-state index contributed by atoms with van der Waals surface area (Å²) in [5.41, 5.74) is 3.06. The Morgan fingerprint density at radius 3 is 2.69 bits per heavy atom. The predicted molar refractivity (Wildman–Crippen MR) is 173 cm³/mol. The van der Waals surface area contributed by atoms with E-state index in [1.807, 2.05) is 0 Å². The van der Waals surface area contributed by atoms with E-state index in [0.29, 0.717) is 58.3 Å². The molecule has 2 heterocycles. The number of carboxylic acids is 1. The number of aromatic carboxylic acids is 1. The fourth-order valence-corrected chi connectivity index (χ4v) is 6.62. The van der Waals surface area contributed by atoms with Crippen LogP contribution in [-0.4, -0.2) is 51.7 Å². The molecule has 222 valence electrons. The van der Waals surface area contributed by atoms with Gasteiger partial charge >= 0.3 is 5.97 Å². The predicted octanol–water partition coefficient (Wildman–Crippen LogP) is 6.90. The molecule has 0 spiro atoms. The van der Waals surface area contributed by atoms with Gasteiger partial charge in [0.15, 0.2) is 5.69 Å². The van der Waals surface area contributed by atoms with Crippen molar-refractivity contribution in [3.05, 3.63) is 75.0 Å². The molecule has 0 saturated heterocycles. The number of hydrogen-bond donors (Lipinski definition) is 2. The van der Waals surface area contributed by atoms with E-state index < -0.39 is 17.3 Å². The van der Waals surface area contributed by atoms with Crippen LogP contribution in [0.3, 0.4) is 0 Å². The highest BCUT2D eigenvalue weighted by molar-refractivity contribution is 8.23. The summed E-state index contributed by atoms with van der Waals surface area (Å²) in [6.45, 7) is 3.76. The fourth-order valence-electron chi connectivity index (χ4n) is 4.07. The largest absolute Gasteiger partial charge is 0.748 e. The normalized spacial score (nSPS) is 11.9. The number of benzene rings is 2. The molecule has 4 rings (SSSR count). The van der Waals surface area contributed by atoms with Crippen LogP contribution in [0.4, 0.5) is 10.7 Å². The number of rotatable bonds is 11. The van der Waals surface area contributed by atoms with Crippen molar-refractivity contribution in [1.29, 1.82) is 0 Å². The third kappa shape index (κ3) is 7.50. The summed E-state index contributed by atoms with van der Waals surface area (Å²) < 4.78 is 28.8. The Morgan fingerprint density at radius 2 is 2.02 bits per heavy atom. The zero-order valence-corrected chi connectivity index (χ0v) is 27.2. The van der Waals surface area contributed by atoms with E-state index in [1.54, 1.807) is 49.4 Å². The number of halogens is 2. The average Bonchev–Trinajstić information content (AvgIpc) is 3.49. The molecule has 0 bridgehead atoms. The molecular formula is C26H24Cl2N5O5S4-. The molecule has 0 aliphatic heterocycles. The van der Waals surface area contributed by atoms with Gasteiger partial charge in [-0.1, -0.05) is 89.7 Å². The summed E-state index contributed by atoms with van der Waals surface area (Å²) in [7, 11) is 1.45. The highest BCUT2D eigenvalue weighted by atomic mass is 35.5. The third-order valence-electron chi connectivity index (χ3n) is 5.90. The lowest BCUT2D eigenvalue weighted by atomic mass is 10.0. The molecule has 0 fully saturated rings. The average molecular weight is 686 g/mol. The van der Waals surface area contributed by atoms with Crippen LogP contribution in [0.15, 0.2) is 42.5 Å². The number of carbonyl (C=O) groups is 1. The van der Waals surface area contributed by atoms with E-state index in [4.69, 9.17) is 44.7 Å². The lowest BCUT2D eigenvalue weighted by Gasteiger charge is -2.22. The van der Waals surface area contributed by atoms with Crippen molar-refractivity contribution in [3.63, 3.8) is 0 Å². The van der Waals surface area contributed by atoms with Gasteiger partial charge in [-0.15, -0.1) is 0 Å². The molecule has 2 aromatic carbocycles. The summed E-state index contributed by atoms with van der Waals surface area (Å²) in [6.07, 6.45) is 1.08. The maximum absolute atomic E-state index is 12.7. The van der Waals surface area contributed by atoms with Crippen LogP contribution in [0, 0.1) is 6.92 Å². The number of thiazole rings is 1. The molecule has 0 aliphatic rings. The van der Waals surface area contributed by atoms with Crippen molar-refractivity contribution in [2.45, 2.75) is 26.7 Å². The first-order valence-electron chi connectivity index (χ1n) is 12.3. The van der Waals surface area contributed by atoms with Crippen molar-refractivity contribution in [1.82, 2.24) is 14.8 Å². The summed E-state index contributed by atoms with van der Waals surface area (Å²) in [6, 6.07) is 12.0. The summed E-state index contributed by atoms with van der Waals surface area (Å²) in [4.78, 5) is 17.4. The standard InChI is InChI=1S/C26H25Cl2N5O5S4/c1-4-11-40-26(39)30-23-21(16-9-10-18(27)19(28)13-16)29-25(41-23)33-22(24(34)35)17(14(2)31-33)12-15-7-5-6-8-20(15)32(3)38-42(36)37/h5-10,13H,4,11-12H2,1-3H3,(H,30,39)(H,34,35)(H,36,37)/p-1. The number of hydrogen-bond acceptors (Lipinski definition) is 10. The van der Waals surface area contributed by atoms with Gasteiger partial charge in [-0.2, -0.15) is 14.1 Å². The topological polar surface area (TPSA) is 133 Å². The number of nitrogens with zero attached hydrogens (tertiary/aromatic N) is 4. The fraction of sp³-hybridized carbons (Fsp3) is 0.231. The van der Waals surface area contributed by atoms with Crippen molar-refractivity contribution in [2.24, 2.45) is 0 Å². The first kappa shape index (κ1) is 32.4. The molecule has 42 heavy (non-hydrogen) atoms. The number of thioether (sulfide) groups is 1. The third-order valence-corrected chi connectivity index (χ3v) is 9.36. The number of para-hydroxylation sites is 1. The first-order chi connectivity index (χ1) is 20.0. The number of nitrogens with one attached hydrogen (secondary N) is 1. The zero-order valence-electron chi connectivity index (χ0n) is 22.4. The number of thiocarbonyl (C=S) groups is 1. The summed E-state index contributed by atoms with van der Waals surface area (Å²) >= 11 is 17.9. The Balaban J connectivity index is 1.81. The minimum atomic E-state index is -2.79. The van der Waals surface area contributed by atoms with E-state index in [2.05, 4.69) is 17.3 Å². The van der Waals surface area contributed by atoms with Crippen LogP contribution in [0.2, 0.25) is 10.0 Å². The van der Waals surface area contributed by atoms with Crippen LogP contribution in [-0.2, 0) is 22.1 Å². The highest BCUT2D eigenvalue weighted by Crippen LogP contribution is 2.39. The Hall–Kier alpha value is -2.56. The maximum Gasteiger partial charge on any atom is 0.355 e. The second-order valence-corrected chi connectivity index (χ2v) is 12.9. The van der Waals surface area contributed by atoms with Gasteiger partial charge in [0.1, 0.15) is 26.4 Å². The van der Waals surface area contributed by atoms with Crippen molar-refractivity contribution in [2.75, 3.05) is 23.2 Å². The molecule has 0 radical (unpaired) electrons. The van der Waals surface area contributed by atoms with Gasteiger partial charge in [0.05, 0.1) is 21.4 Å². The SMILES string of the molecule is CCCSC(=S)Nc1sc(-n2nc(C)c(Cc3ccccc3N(C)OS(=O)[O-])c2C(=O)O)nc1-c1ccc(Cl)c(Cl)c1. The number of anilines is 2. The molecule has 2 aromatic heterocycles. The van der Waals surface area contributed by atoms with Gasteiger partial charge in [-0.25, -0.2) is 19.1 Å². The zero-order chi connectivity index (χ0) is 30.6. The van der Waals surface area contributed by atoms with Crippen LogP contribution in [0.5, 0.6) is 0 Å². The Kier molecular flexibility index (Phi) is 11.0. The number of aryl methyl sites for hydroxylation is 1. The van der Waals surface area contributed by atoms with Crippen molar-refractivity contribution < 1.29 is 22.9 Å². The molecule has 0 saturated carbocycles. The second-order valence-electron chi connectivity index (χ2n) is 8.78. The molecule has 10 nitrogen and oxygen atoms in total. The Bertz CT molecular complexity index is 1660. The first-order valence-corrected chi connectivity index (χ1v) is 16.3. The van der Waals surface area contributed by atoms with E-state index in [1.165, 1.54) is 34.8 Å². The Labute approximate surface area is 268 Å². The smallest absolute Gasteiger partial charge is 0.355 e. The lowest BCUT2D eigenvalue weighted by Crippen LogP contribution is -2.20. The summed E-state index contributed by atoms with van der Waals surface area (Å²) in [5.74, 6) is -0.375. The second kappa shape index (κ2) is 14.3. The van der Waals surface area contributed by atoms with Crippen molar-refractivity contribution in [3.8, 4) is 16.4 Å². The molecule has 0 amide bonds. The minimum absolute atomic E-state index is 0.0813. The van der Waals surface area contributed by atoms with E-state index in [-0.39, 0.29) is 12.1 Å². The molecular weight excluding hydrogens is 661 g/mol. The maximum atomic E-state index is 12.7. The number of hydroxylamine groups is 1. The number of carboxylic acid groups (broad SMARTS) is 1. The van der Waals surface area contributed by atoms with Gasteiger partial charge in [0.25, 0.3) is 0 Å². The molecule has 1 atom stereocenters. The molecule has 0 aliphatic carbocycles. The van der Waals surface area contributed by atoms with E-state index >= 15 is 0 Å². The summed E-state index contributed by atoms with van der Waals surface area (Å²) in [5, 5.41) is 20.8.